The topological polar surface area (TPSA) is 63.8 Å². The molecular weight excluding hydrogens is 207 g/mol. The Kier molecular flexibility index (Phi) is 2.70. The minimum Gasteiger partial charge on any atom is -0.368 e. The molecule has 0 saturated heterocycles. The lowest BCUT2D eigenvalue weighted by molar-refractivity contribution is 0.627. The van der Waals surface area contributed by atoms with Gasteiger partial charge in [-0.2, -0.15) is 0 Å². The summed E-state index contributed by atoms with van der Waals surface area (Å²) in [7, 11) is 1.83. The fourth-order valence-corrected chi connectivity index (χ4v) is 1.61. The van der Waals surface area contributed by atoms with Gasteiger partial charge in [-0.1, -0.05) is 0 Å². The zero-order chi connectivity index (χ0) is 11.7. The molecule has 0 amide bonds. The van der Waals surface area contributed by atoms with E-state index in [1.807, 2.05) is 14.0 Å². The van der Waals surface area contributed by atoms with E-state index >= 15 is 0 Å². The van der Waals surface area contributed by atoms with Crippen molar-refractivity contribution in [2.75, 3.05) is 12.8 Å². The summed E-state index contributed by atoms with van der Waals surface area (Å²) >= 11 is 0. The van der Waals surface area contributed by atoms with E-state index in [-0.39, 0.29) is 17.8 Å². The van der Waals surface area contributed by atoms with Crippen LogP contribution in [-0.4, -0.2) is 17.0 Å². The van der Waals surface area contributed by atoms with Gasteiger partial charge in [-0.15, -0.1) is 0 Å². The molecule has 2 rings (SSSR count). The van der Waals surface area contributed by atoms with Gasteiger partial charge in [0.2, 0.25) is 5.95 Å². The number of benzene rings is 1. The fourth-order valence-electron chi connectivity index (χ4n) is 1.61. The first kappa shape index (κ1) is 10.8. The van der Waals surface area contributed by atoms with Crippen LogP contribution in [0, 0.1) is 5.82 Å². The summed E-state index contributed by atoms with van der Waals surface area (Å²) in [4.78, 5) is 8.20. The lowest BCUT2D eigenvalue weighted by atomic mass is 10.1. The highest BCUT2D eigenvalue weighted by atomic mass is 19.1. The van der Waals surface area contributed by atoms with Crippen molar-refractivity contribution in [2.24, 2.45) is 0 Å². The molecule has 0 saturated carbocycles. The summed E-state index contributed by atoms with van der Waals surface area (Å²) in [6.45, 7) is 1.96. The van der Waals surface area contributed by atoms with Crippen LogP contribution in [0.4, 0.5) is 10.3 Å². The molecule has 0 spiro atoms. The van der Waals surface area contributed by atoms with Gasteiger partial charge in [-0.25, -0.2) is 14.4 Å². The van der Waals surface area contributed by atoms with E-state index in [4.69, 9.17) is 5.73 Å². The van der Waals surface area contributed by atoms with Crippen LogP contribution in [0.2, 0.25) is 0 Å². The van der Waals surface area contributed by atoms with Crippen LogP contribution in [-0.2, 0) is 0 Å². The number of halogens is 1. The molecule has 1 atom stereocenters. The average Bonchev–Trinajstić information content (AvgIpc) is 2.26. The van der Waals surface area contributed by atoms with Crippen LogP contribution in [0.15, 0.2) is 18.2 Å². The molecule has 1 aromatic heterocycles. The van der Waals surface area contributed by atoms with Crippen molar-refractivity contribution in [2.45, 2.75) is 13.0 Å². The zero-order valence-electron chi connectivity index (χ0n) is 9.16. The van der Waals surface area contributed by atoms with E-state index in [1.165, 1.54) is 12.1 Å². The number of rotatable bonds is 2. The molecule has 0 fully saturated rings. The molecule has 84 valence electrons. The number of fused-ring (bicyclic) bond motifs is 1. The molecule has 1 heterocycles. The monoisotopic (exact) mass is 220 g/mol. The molecule has 0 aliphatic rings. The molecule has 5 heteroatoms. The third-order valence-corrected chi connectivity index (χ3v) is 2.55. The van der Waals surface area contributed by atoms with Crippen LogP contribution < -0.4 is 11.1 Å². The first-order chi connectivity index (χ1) is 7.61. The molecule has 3 N–H and O–H groups in total. The van der Waals surface area contributed by atoms with Crippen LogP contribution in [0.5, 0.6) is 0 Å². The molecule has 0 bridgehead atoms. The highest BCUT2D eigenvalue weighted by Crippen LogP contribution is 2.22. The Bertz CT molecular complexity index is 521. The first-order valence-electron chi connectivity index (χ1n) is 5.01. The van der Waals surface area contributed by atoms with Crippen molar-refractivity contribution in [3.8, 4) is 0 Å². The Morgan fingerprint density at radius 2 is 2.12 bits per heavy atom. The van der Waals surface area contributed by atoms with Gasteiger partial charge in [0, 0.05) is 17.5 Å². The van der Waals surface area contributed by atoms with E-state index in [2.05, 4.69) is 15.3 Å². The predicted molar refractivity (Wildman–Crippen MR) is 61.4 cm³/mol. The van der Waals surface area contributed by atoms with Gasteiger partial charge in [0.1, 0.15) is 5.82 Å². The number of nitrogens with one attached hydrogen (secondary N) is 1. The van der Waals surface area contributed by atoms with Crippen molar-refractivity contribution in [3.63, 3.8) is 0 Å². The molecule has 16 heavy (non-hydrogen) atoms. The van der Waals surface area contributed by atoms with Crippen LogP contribution in [0.3, 0.4) is 0 Å². The molecule has 0 aliphatic heterocycles. The summed E-state index contributed by atoms with van der Waals surface area (Å²) in [5.41, 5.74) is 6.91. The van der Waals surface area contributed by atoms with Gasteiger partial charge in [0.25, 0.3) is 0 Å². The second-order valence-corrected chi connectivity index (χ2v) is 3.64. The molecule has 2 aromatic rings. The van der Waals surface area contributed by atoms with Gasteiger partial charge in [-0.05, 0) is 26.1 Å². The van der Waals surface area contributed by atoms with Crippen molar-refractivity contribution in [3.05, 3.63) is 29.7 Å². The number of hydrogen-bond acceptors (Lipinski definition) is 4. The van der Waals surface area contributed by atoms with Crippen LogP contribution >= 0.6 is 0 Å². The van der Waals surface area contributed by atoms with E-state index in [9.17, 15) is 4.39 Å². The second-order valence-electron chi connectivity index (χ2n) is 3.64. The molecule has 4 nitrogen and oxygen atoms in total. The normalized spacial score (nSPS) is 12.9. The zero-order valence-corrected chi connectivity index (χ0v) is 9.16. The second kappa shape index (κ2) is 4.02. The molecular formula is C11H13FN4. The Balaban J connectivity index is 2.72. The molecule has 1 unspecified atom stereocenters. The van der Waals surface area contributed by atoms with Crippen LogP contribution in [0.1, 0.15) is 18.7 Å². The van der Waals surface area contributed by atoms with Crippen molar-refractivity contribution < 1.29 is 4.39 Å². The fraction of sp³-hybridized carbons (Fsp3) is 0.273. The summed E-state index contributed by atoms with van der Waals surface area (Å²) in [6, 6.07) is 4.47. The maximum atomic E-state index is 13.1. The van der Waals surface area contributed by atoms with Gasteiger partial charge in [-0.3, -0.25) is 0 Å². The minimum absolute atomic E-state index is 0.0401. The van der Waals surface area contributed by atoms with Crippen LogP contribution in [0.25, 0.3) is 10.9 Å². The van der Waals surface area contributed by atoms with Crippen molar-refractivity contribution in [1.29, 1.82) is 0 Å². The minimum atomic E-state index is -0.325. The third kappa shape index (κ3) is 1.81. The SMILES string of the molecule is CNC(C)c1nc(N)nc2cc(F)ccc12. The van der Waals surface area contributed by atoms with Gasteiger partial charge in [0.15, 0.2) is 0 Å². The van der Waals surface area contributed by atoms with Crippen molar-refractivity contribution in [1.82, 2.24) is 15.3 Å². The van der Waals surface area contributed by atoms with E-state index in [0.29, 0.717) is 5.52 Å². The Morgan fingerprint density at radius 3 is 2.81 bits per heavy atom. The maximum Gasteiger partial charge on any atom is 0.220 e. The Hall–Kier alpha value is -1.75. The quantitative estimate of drug-likeness (QED) is 0.807. The van der Waals surface area contributed by atoms with E-state index < -0.39 is 0 Å². The standard InChI is InChI=1S/C11H13FN4/c1-6(14-2)10-8-4-3-7(12)5-9(8)15-11(13)16-10/h3-6,14H,1-2H3,(H2,13,15,16). The smallest absolute Gasteiger partial charge is 0.220 e. The number of nitrogens with two attached hydrogens (primary N) is 1. The van der Waals surface area contributed by atoms with E-state index in [0.717, 1.165) is 11.1 Å². The molecule has 0 radical (unpaired) electrons. The highest BCUT2D eigenvalue weighted by Gasteiger charge is 2.11. The van der Waals surface area contributed by atoms with Gasteiger partial charge >= 0.3 is 0 Å². The number of nitrogen functional groups attached to an aromatic ring is 1. The Morgan fingerprint density at radius 1 is 1.38 bits per heavy atom. The maximum absolute atomic E-state index is 13.1. The third-order valence-electron chi connectivity index (χ3n) is 2.55. The number of hydrogen-bond donors (Lipinski definition) is 2. The number of anilines is 1. The van der Waals surface area contributed by atoms with Gasteiger partial charge < -0.3 is 11.1 Å². The first-order valence-corrected chi connectivity index (χ1v) is 5.01. The highest BCUT2D eigenvalue weighted by molar-refractivity contribution is 5.82. The largest absolute Gasteiger partial charge is 0.368 e. The lowest BCUT2D eigenvalue weighted by Crippen LogP contribution is -2.15. The van der Waals surface area contributed by atoms with Crippen molar-refractivity contribution >= 4 is 16.9 Å². The summed E-state index contributed by atoms with van der Waals surface area (Å²) in [5, 5.41) is 3.89. The molecule has 1 aromatic carbocycles. The van der Waals surface area contributed by atoms with E-state index in [1.54, 1.807) is 6.07 Å². The average molecular weight is 220 g/mol. The Labute approximate surface area is 92.7 Å². The lowest BCUT2D eigenvalue weighted by Gasteiger charge is -2.12. The summed E-state index contributed by atoms with van der Waals surface area (Å²) in [6.07, 6.45) is 0. The summed E-state index contributed by atoms with van der Waals surface area (Å²) in [5.74, 6) is -0.163. The summed E-state index contributed by atoms with van der Waals surface area (Å²) < 4.78 is 13.1. The predicted octanol–water partition coefficient (Wildman–Crippen LogP) is 1.63. The number of aromatic nitrogens is 2. The number of nitrogens with zero attached hydrogens (tertiary/aromatic N) is 2. The van der Waals surface area contributed by atoms with Gasteiger partial charge in [0.05, 0.1) is 11.2 Å². The molecule has 0 aliphatic carbocycles.